The third-order valence-electron chi connectivity index (χ3n) is 5.00. The minimum atomic E-state index is -0.450. The van der Waals surface area contributed by atoms with Crippen LogP contribution in [0.15, 0.2) is 17.3 Å². The Hall–Kier alpha value is -2.55. The zero-order chi connectivity index (χ0) is 18.4. The Morgan fingerprint density at radius 1 is 1.27 bits per heavy atom. The van der Waals surface area contributed by atoms with Crippen molar-refractivity contribution in [2.45, 2.75) is 38.1 Å². The van der Waals surface area contributed by atoms with Gasteiger partial charge in [-0.1, -0.05) is 19.3 Å². The summed E-state index contributed by atoms with van der Waals surface area (Å²) >= 11 is 1.26. The van der Waals surface area contributed by atoms with Gasteiger partial charge >= 0.3 is 5.69 Å². The van der Waals surface area contributed by atoms with Crippen molar-refractivity contribution in [2.24, 2.45) is 0 Å². The lowest BCUT2D eigenvalue weighted by molar-refractivity contribution is -0.384. The quantitative estimate of drug-likeness (QED) is 0.515. The number of pyridine rings is 1. The largest absolute Gasteiger partial charge is 0.371 e. The SMILES string of the molecule is CN(C)c1c([N+](=O)[O-])cnc2sc3c(=O)n(C4CCCCC4)cnc3c12. The van der Waals surface area contributed by atoms with Crippen molar-refractivity contribution >= 4 is 43.1 Å². The predicted molar refractivity (Wildman–Crippen MR) is 102 cm³/mol. The maximum absolute atomic E-state index is 13.1. The van der Waals surface area contributed by atoms with Crippen LogP contribution in [0.5, 0.6) is 0 Å². The van der Waals surface area contributed by atoms with Gasteiger partial charge in [0.1, 0.15) is 26.9 Å². The Labute approximate surface area is 153 Å². The average molecular weight is 373 g/mol. The van der Waals surface area contributed by atoms with Crippen LogP contribution in [0.25, 0.3) is 20.4 Å². The van der Waals surface area contributed by atoms with E-state index in [0.29, 0.717) is 26.1 Å². The Kier molecular flexibility index (Phi) is 4.10. The first kappa shape index (κ1) is 16.9. The molecule has 1 saturated carbocycles. The van der Waals surface area contributed by atoms with E-state index in [1.54, 1.807) is 29.9 Å². The monoisotopic (exact) mass is 373 g/mol. The predicted octanol–water partition coefficient (Wildman–Crippen LogP) is 3.49. The van der Waals surface area contributed by atoms with E-state index in [-0.39, 0.29) is 17.3 Å². The summed E-state index contributed by atoms with van der Waals surface area (Å²) in [5.41, 5.74) is 0.785. The fraction of sp³-hybridized carbons (Fsp3) is 0.471. The Balaban J connectivity index is 2.00. The number of thiophene rings is 1. The number of rotatable bonds is 3. The lowest BCUT2D eigenvalue weighted by atomic mass is 9.95. The Morgan fingerprint density at radius 2 is 2.00 bits per heavy atom. The fourth-order valence-corrected chi connectivity index (χ4v) is 4.83. The maximum Gasteiger partial charge on any atom is 0.311 e. The highest BCUT2D eigenvalue weighted by atomic mass is 32.1. The summed E-state index contributed by atoms with van der Waals surface area (Å²) in [6, 6.07) is 0.189. The van der Waals surface area contributed by atoms with E-state index < -0.39 is 4.92 Å². The van der Waals surface area contributed by atoms with Crippen molar-refractivity contribution in [3.63, 3.8) is 0 Å². The average Bonchev–Trinajstić information content (AvgIpc) is 3.01. The number of nitrogens with zero attached hydrogens (tertiary/aromatic N) is 5. The van der Waals surface area contributed by atoms with Crippen molar-refractivity contribution in [1.29, 1.82) is 0 Å². The van der Waals surface area contributed by atoms with Gasteiger partial charge in [-0.3, -0.25) is 19.5 Å². The minimum Gasteiger partial charge on any atom is -0.371 e. The molecule has 9 heteroatoms. The van der Waals surface area contributed by atoms with Crippen molar-refractivity contribution < 1.29 is 4.92 Å². The van der Waals surface area contributed by atoms with Gasteiger partial charge in [0.15, 0.2) is 0 Å². The summed E-state index contributed by atoms with van der Waals surface area (Å²) in [6.07, 6.45) is 8.30. The molecule has 0 aromatic carbocycles. The second-order valence-electron chi connectivity index (χ2n) is 6.85. The highest BCUT2D eigenvalue weighted by molar-refractivity contribution is 7.25. The first-order chi connectivity index (χ1) is 12.5. The van der Waals surface area contributed by atoms with E-state index in [9.17, 15) is 14.9 Å². The summed E-state index contributed by atoms with van der Waals surface area (Å²) < 4.78 is 2.25. The molecule has 0 atom stereocenters. The van der Waals surface area contributed by atoms with Crippen LogP contribution in [0.4, 0.5) is 11.4 Å². The second-order valence-corrected chi connectivity index (χ2v) is 7.85. The molecule has 1 aliphatic rings. The van der Waals surface area contributed by atoms with Crippen molar-refractivity contribution in [3.8, 4) is 0 Å². The molecule has 0 saturated heterocycles. The molecule has 0 spiro atoms. The van der Waals surface area contributed by atoms with Gasteiger partial charge in [-0.05, 0) is 12.8 Å². The molecule has 1 aliphatic carbocycles. The molecule has 0 radical (unpaired) electrons. The first-order valence-corrected chi connectivity index (χ1v) is 9.44. The van der Waals surface area contributed by atoms with Gasteiger partial charge in [0.05, 0.1) is 16.6 Å². The Bertz CT molecular complexity index is 1070. The van der Waals surface area contributed by atoms with E-state index in [2.05, 4.69) is 9.97 Å². The number of hydrogen-bond acceptors (Lipinski definition) is 7. The summed E-state index contributed by atoms with van der Waals surface area (Å²) in [4.78, 5) is 35.1. The van der Waals surface area contributed by atoms with Gasteiger partial charge < -0.3 is 4.90 Å². The van der Waals surface area contributed by atoms with E-state index in [0.717, 1.165) is 25.7 Å². The molecule has 3 aromatic heterocycles. The van der Waals surface area contributed by atoms with Crippen LogP contribution in [-0.2, 0) is 0 Å². The molecule has 1 fully saturated rings. The number of fused-ring (bicyclic) bond motifs is 3. The summed E-state index contributed by atoms with van der Waals surface area (Å²) in [5, 5.41) is 12.0. The van der Waals surface area contributed by atoms with Gasteiger partial charge in [0, 0.05) is 20.1 Å². The summed E-state index contributed by atoms with van der Waals surface area (Å²) in [6.45, 7) is 0. The second kappa shape index (κ2) is 6.31. The summed E-state index contributed by atoms with van der Waals surface area (Å²) in [7, 11) is 3.49. The topological polar surface area (TPSA) is 94.2 Å². The minimum absolute atomic E-state index is 0.0720. The van der Waals surface area contributed by atoms with E-state index >= 15 is 0 Å². The number of anilines is 1. The molecular formula is C17H19N5O3S. The van der Waals surface area contributed by atoms with Crippen LogP contribution in [0.2, 0.25) is 0 Å². The normalized spacial score (nSPS) is 15.6. The van der Waals surface area contributed by atoms with Crippen LogP contribution in [-0.4, -0.2) is 33.6 Å². The lowest BCUT2D eigenvalue weighted by Crippen LogP contribution is -2.26. The lowest BCUT2D eigenvalue weighted by Gasteiger charge is -2.23. The van der Waals surface area contributed by atoms with Crippen molar-refractivity contribution in [3.05, 3.63) is 33.0 Å². The third kappa shape index (κ3) is 2.54. The summed E-state index contributed by atoms with van der Waals surface area (Å²) in [5.74, 6) is 0. The van der Waals surface area contributed by atoms with Crippen LogP contribution >= 0.6 is 11.3 Å². The first-order valence-electron chi connectivity index (χ1n) is 8.63. The van der Waals surface area contributed by atoms with Crippen LogP contribution < -0.4 is 10.5 Å². The molecule has 0 unspecified atom stereocenters. The molecule has 0 amide bonds. The van der Waals surface area contributed by atoms with Gasteiger partial charge in [-0.25, -0.2) is 9.97 Å². The van der Waals surface area contributed by atoms with Gasteiger partial charge in [0.25, 0.3) is 5.56 Å². The van der Waals surface area contributed by atoms with E-state index in [1.807, 2.05) is 0 Å². The van der Waals surface area contributed by atoms with Crippen LogP contribution in [0.1, 0.15) is 38.1 Å². The molecule has 26 heavy (non-hydrogen) atoms. The van der Waals surface area contributed by atoms with Crippen molar-refractivity contribution in [1.82, 2.24) is 14.5 Å². The third-order valence-corrected chi connectivity index (χ3v) is 6.07. The fourth-order valence-electron chi connectivity index (χ4n) is 3.79. The molecule has 0 N–H and O–H groups in total. The zero-order valence-corrected chi connectivity index (χ0v) is 15.5. The molecule has 8 nitrogen and oxygen atoms in total. The molecule has 0 bridgehead atoms. The molecular weight excluding hydrogens is 354 g/mol. The molecule has 0 aliphatic heterocycles. The zero-order valence-electron chi connectivity index (χ0n) is 14.6. The van der Waals surface area contributed by atoms with Gasteiger partial charge in [-0.15, -0.1) is 11.3 Å². The van der Waals surface area contributed by atoms with Crippen LogP contribution in [0, 0.1) is 10.1 Å². The number of aromatic nitrogens is 3. The molecule has 3 heterocycles. The number of hydrogen-bond donors (Lipinski definition) is 0. The van der Waals surface area contributed by atoms with Gasteiger partial charge in [-0.2, -0.15) is 0 Å². The highest BCUT2D eigenvalue weighted by Crippen LogP contribution is 2.40. The molecule has 136 valence electrons. The van der Waals surface area contributed by atoms with Gasteiger partial charge in [0.2, 0.25) is 0 Å². The van der Waals surface area contributed by atoms with Crippen molar-refractivity contribution in [2.75, 3.05) is 19.0 Å². The molecule has 3 aromatic rings. The maximum atomic E-state index is 13.1. The van der Waals surface area contributed by atoms with Crippen LogP contribution in [0.3, 0.4) is 0 Å². The van der Waals surface area contributed by atoms with E-state index in [1.165, 1.54) is 24.0 Å². The standard InChI is InChI=1S/C17H19N5O3S/c1-20(2)14-11(22(24)25)8-18-16-12(14)13-15(26-16)17(23)21(9-19-13)10-6-4-3-5-7-10/h8-10H,3-7H2,1-2H3. The number of nitro groups is 1. The van der Waals surface area contributed by atoms with E-state index in [4.69, 9.17) is 0 Å². The molecule has 4 rings (SSSR count). The highest BCUT2D eigenvalue weighted by Gasteiger charge is 2.26. The Morgan fingerprint density at radius 3 is 2.65 bits per heavy atom. The smallest absolute Gasteiger partial charge is 0.311 e.